The second kappa shape index (κ2) is 5.89. The molecule has 1 aromatic heterocycles. The number of aliphatic hydroxyl groups is 1. The van der Waals surface area contributed by atoms with Crippen molar-refractivity contribution in [1.29, 1.82) is 0 Å². The normalized spacial score (nSPS) is 12.7. The van der Waals surface area contributed by atoms with Gasteiger partial charge in [0.25, 0.3) is 0 Å². The van der Waals surface area contributed by atoms with Crippen molar-refractivity contribution in [2.45, 2.75) is 32.9 Å². The molecule has 0 fully saturated rings. The Bertz CT molecular complexity index is 628. The van der Waals surface area contributed by atoms with Gasteiger partial charge in [-0.05, 0) is 19.9 Å². The van der Waals surface area contributed by atoms with Gasteiger partial charge in [0, 0.05) is 18.5 Å². The Balaban J connectivity index is 2.32. The maximum atomic E-state index is 13.7. The van der Waals surface area contributed by atoms with Crippen LogP contribution in [0.2, 0.25) is 5.02 Å². The highest BCUT2D eigenvalue weighted by molar-refractivity contribution is 6.31. The van der Waals surface area contributed by atoms with Crippen LogP contribution in [-0.2, 0) is 13.0 Å². The van der Waals surface area contributed by atoms with Gasteiger partial charge in [-0.25, -0.2) is 8.78 Å². The SMILES string of the molecule is CCn1nc(C)c(Cl)c1CC(O)c1cccc(F)c1F. The maximum absolute atomic E-state index is 13.7. The van der Waals surface area contributed by atoms with E-state index >= 15 is 0 Å². The second-order valence-corrected chi connectivity index (χ2v) is 4.90. The molecule has 2 aromatic rings. The first-order valence-electron chi connectivity index (χ1n) is 6.29. The van der Waals surface area contributed by atoms with E-state index in [0.29, 0.717) is 23.0 Å². The zero-order valence-corrected chi connectivity index (χ0v) is 12.0. The Morgan fingerprint density at radius 1 is 1.40 bits per heavy atom. The maximum Gasteiger partial charge on any atom is 0.164 e. The Hall–Kier alpha value is -1.46. The first-order chi connectivity index (χ1) is 9.45. The van der Waals surface area contributed by atoms with Crippen LogP contribution in [-0.4, -0.2) is 14.9 Å². The molecule has 0 amide bonds. The minimum Gasteiger partial charge on any atom is -0.388 e. The summed E-state index contributed by atoms with van der Waals surface area (Å²) in [5.74, 6) is -2.01. The third kappa shape index (κ3) is 2.69. The minimum absolute atomic E-state index is 0.0773. The molecule has 108 valence electrons. The first-order valence-corrected chi connectivity index (χ1v) is 6.67. The molecule has 0 aliphatic carbocycles. The van der Waals surface area contributed by atoms with E-state index in [4.69, 9.17) is 11.6 Å². The molecule has 0 radical (unpaired) electrons. The number of aliphatic hydroxyl groups excluding tert-OH is 1. The van der Waals surface area contributed by atoms with Crippen molar-refractivity contribution >= 4 is 11.6 Å². The summed E-state index contributed by atoms with van der Waals surface area (Å²) in [7, 11) is 0. The van der Waals surface area contributed by atoms with Gasteiger partial charge in [0.2, 0.25) is 0 Å². The van der Waals surface area contributed by atoms with Crippen molar-refractivity contribution in [1.82, 2.24) is 9.78 Å². The molecule has 0 saturated carbocycles. The summed E-state index contributed by atoms with van der Waals surface area (Å²) in [5, 5.41) is 14.8. The number of hydrogen-bond acceptors (Lipinski definition) is 2. The Morgan fingerprint density at radius 3 is 2.75 bits per heavy atom. The summed E-state index contributed by atoms with van der Waals surface area (Å²) in [6.45, 7) is 4.23. The zero-order chi connectivity index (χ0) is 14.9. The molecule has 0 saturated heterocycles. The molecule has 20 heavy (non-hydrogen) atoms. The molecular formula is C14H15ClF2N2O. The summed E-state index contributed by atoms with van der Waals surface area (Å²) in [4.78, 5) is 0. The molecule has 1 unspecified atom stereocenters. The highest BCUT2D eigenvalue weighted by atomic mass is 35.5. The highest BCUT2D eigenvalue weighted by Gasteiger charge is 2.21. The molecule has 0 bridgehead atoms. The Morgan fingerprint density at radius 2 is 2.10 bits per heavy atom. The van der Waals surface area contributed by atoms with E-state index < -0.39 is 17.7 Å². The van der Waals surface area contributed by atoms with Gasteiger partial charge in [0.15, 0.2) is 11.6 Å². The van der Waals surface area contributed by atoms with E-state index in [0.717, 1.165) is 6.07 Å². The van der Waals surface area contributed by atoms with E-state index in [1.54, 1.807) is 11.6 Å². The summed E-state index contributed by atoms with van der Waals surface area (Å²) < 4.78 is 28.5. The van der Waals surface area contributed by atoms with Crippen LogP contribution in [0.1, 0.15) is 30.0 Å². The highest BCUT2D eigenvalue weighted by Crippen LogP contribution is 2.27. The number of hydrogen-bond donors (Lipinski definition) is 1. The third-order valence-electron chi connectivity index (χ3n) is 3.18. The average molecular weight is 301 g/mol. The summed E-state index contributed by atoms with van der Waals surface area (Å²) >= 11 is 6.13. The Labute approximate surface area is 120 Å². The average Bonchev–Trinajstić information content (AvgIpc) is 2.69. The van der Waals surface area contributed by atoms with Crippen LogP contribution >= 0.6 is 11.6 Å². The van der Waals surface area contributed by atoms with Gasteiger partial charge in [-0.2, -0.15) is 5.10 Å². The van der Waals surface area contributed by atoms with Crippen LogP contribution < -0.4 is 0 Å². The van der Waals surface area contributed by atoms with E-state index in [1.165, 1.54) is 12.1 Å². The van der Waals surface area contributed by atoms with Crippen molar-refractivity contribution in [2.24, 2.45) is 0 Å². The molecule has 1 aromatic carbocycles. The van der Waals surface area contributed by atoms with Crippen LogP contribution in [0.5, 0.6) is 0 Å². The van der Waals surface area contributed by atoms with Crippen molar-refractivity contribution in [3.8, 4) is 0 Å². The summed E-state index contributed by atoms with van der Waals surface area (Å²) in [5.41, 5.74) is 1.18. The lowest BCUT2D eigenvalue weighted by molar-refractivity contribution is 0.169. The van der Waals surface area contributed by atoms with Crippen molar-refractivity contribution in [3.63, 3.8) is 0 Å². The fourth-order valence-electron chi connectivity index (χ4n) is 2.13. The second-order valence-electron chi connectivity index (χ2n) is 4.52. The lowest BCUT2D eigenvalue weighted by Gasteiger charge is -2.13. The summed E-state index contributed by atoms with van der Waals surface area (Å²) in [6.07, 6.45) is -1.10. The molecule has 6 heteroatoms. The number of rotatable bonds is 4. The van der Waals surface area contributed by atoms with Gasteiger partial charge in [0.1, 0.15) is 0 Å². The van der Waals surface area contributed by atoms with Gasteiger partial charge in [-0.1, -0.05) is 23.7 Å². The van der Waals surface area contributed by atoms with Gasteiger partial charge in [-0.15, -0.1) is 0 Å². The number of benzene rings is 1. The molecule has 0 spiro atoms. The number of nitrogens with zero attached hydrogens (tertiary/aromatic N) is 2. The quantitative estimate of drug-likeness (QED) is 0.939. The standard InChI is InChI=1S/C14H15ClF2N2O/c1-3-19-11(13(15)8(2)18-19)7-12(20)9-5-4-6-10(16)14(9)17/h4-6,12,20H,3,7H2,1-2H3. The molecule has 1 N–H and O–H groups in total. The van der Waals surface area contributed by atoms with Crippen LogP contribution in [0, 0.1) is 18.6 Å². The Kier molecular flexibility index (Phi) is 4.40. The number of halogens is 3. The predicted molar refractivity (Wildman–Crippen MR) is 72.7 cm³/mol. The molecule has 3 nitrogen and oxygen atoms in total. The molecule has 0 aliphatic rings. The molecule has 0 aliphatic heterocycles. The van der Waals surface area contributed by atoms with E-state index in [1.807, 2.05) is 6.92 Å². The van der Waals surface area contributed by atoms with Crippen molar-refractivity contribution in [2.75, 3.05) is 0 Å². The monoisotopic (exact) mass is 300 g/mol. The van der Waals surface area contributed by atoms with Crippen molar-refractivity contribution in [3.05, 3.63) is 51.8 Å². The van der Waals surface area contributed by atoms with Crippen LogP contribution in [0.3, 0.4) is 0 Å². The summed E-state index contributed by atoms with van der Waals surface area (Å²) in [6, 6.07) is 3.73. The lowest BCUT2D eigenvalue weighted by atomic mass is 10.0. The third-order valence-corrected chi connectivity index (χ3v) is 3.67. The van der Waals surface area contributed by atoms with Gasteiger partial charge in [0.05, 0.1) is 22.5 Å². The van der Waals surface area contributed by atoms with Gasteiger partial charge >= 0.3 is 0 Å². The lowest BCUT2D eigenvalue weighted by Crippen LogP contribution is -2.10. The topological polar surface area (TPSA) is 38.0 Å². The molecule has 1 atom stereocenters. The van der Waals surface area contributed by atoms with Crippen LogP contribution in [0.25, 0.3) is 0 Å². The number of aromatic nitrogens is 2. The molecular weight excluding hydrogens is 286 g/mol. The molecule has 1 heterocycles. The zero-order valence-electron chi connectivity index (χ0n) is 11.2. The van der Waals surface area contributed by atoms with Crippen molar-refractivity contribution < 1.29 is 13.9 Å². The number of aryl methyl sites for hydroxylation is 2. The predicted octanol–water partition coefficient (Wildman–Crippen LogP) is 3.42. The van der Waals surface area contributed by atoms with Gasteiger partial charge < -0.3 is 5.11 Å². The fourth-order valence-corrected chi connectivity index (χ4v) is 2.35. The van der Waals surface area contributed by atoms with Crippen LogP contribution in [0.4, 0.5) is 8.78 Å². The van der Waals surface area contributed by atoms with E-state index in [-0.39, 0.29) is 12.0 Å². The molecule has 2 rings (SSSR count). The van der Waals surface area contributed by atoms with Crippen LogP contribution in [0.15, 0.2) is 18.2 Å². The van der Waals surface area contributed by atoms with E-state index in [2.05, 4.69) is 5.10 Å². The largest absolute Gasteiger partial charge is 0.388 e. The fraction of sp³-hybridized carbons (Fsp3) is 0.357. The minimum atomic E-state index is -1.18. The first kappa shape index (κ1) is 14.9. The van der Waals surface area contributed by atoms with E-state index in [9.17, 15) is 13.9 Å². The van der Waals surface area contributed by atoms with Gasteiger partial charge in [-0.3, -0.25) is 4.68 Å². The smallest absolute Gasteiger partial charge is 0.164 e.